The van der Waals surface area contributed by atoms with Gasteiger partial charge < -0.3 is 91.1 Å². The van der Waals surface area contributed by atoms with Gasteiger partial charge in [0.15, 0.2) is 5.96 Å². The Morgan fingerprint density at radius 2 is 1.08 bits per heavy atom. The van der Waals surface area contributed by atoms with E-state index in [1.54, 1.807) is 55.4 Å². The number of nitrogens with one attached hydrogen (secondary N) is 10. The van der Waals surface area contributed by atoms with E-state index >= 15 is 0 Å². The molecular weight excluding hydrogens is 1190 g/mol. The second-order valence-corrected chi connectivity index (χ2v) is 23.7. The monoisotopic (exact) mass is 1290 g/mol. The highest BCUT2D eigenvalue weighted by Gasteiger charge is 2.41. The maximum absolute atomic E-state index is 14.5. The number of benzene rings is 2. The maximum atomic E-state index is 14.5. The third-order valence-electron chi connectivity index (χ3n) is 16.7. The number of nitrogens with two attached hydrogens (primary N) is 4. The number of amides is 10. The zero-order valence-corrected chi connectivity index (χ0v) is 54.7. The van der Waals surface area contributed by atoms with Crippen molar-refractivity contribution < 1.29 is 67.7 Å². The Bertz CT molecular complexity index is 2810. The van der Waals surface area contributed by atoms with Gasteiger partial charge in [0.25, 0.3) is 0 Å². The predicted octanol–water partition coefficient (Wildman–Crippen LogP) is -2.00. The van der Waals surface area contributed by atoms with Crippen molar-refractivity contribution in [2.75, 3.05) is 26.3 Å². The van der Waals surface area contributed by atoms with Crippen LogP contribution >= 0.6 is 0 Å². The van der Waals surface area contributed by atoms with Crippen LogP contribution in [0.1, 0.15) is 126 Å². The molecule has 29 nitrogen and oxygen atoms in total. The number of nitrogens with zero attached hydrogens (tertiary/aromatic N) is 1. The minimum atomic E-state index is -1.81. The van der Waals surface area contributed by atoms with E-state index in [4.69, 9.17) is 27.7 Å². The second kappa shape index (κ2) is 39.2. The summed E-state index contributed by atoms with van der Waals surface area (Å²) in [6.07, 6.45) is 0.887. The molecule has 2 aromatic rings. The standard InChI is InChI=1S/C63H101N15O14/c1-11-33(5)47(74-53(82)42(65)30-39-23-25-41(26-24-39)40-20-16-15-17-21-40)58(87)72-45(31-79)56(85)71-44(27-29-68-63(66)67)55(84)75-49(35(7)13-3)60(89)76-48(34(6)12-2)59(88)73-46(32-80)57(86)78-51-38(10)92-62(91)50(36(8)14-4)77-54(83)43(22-18-19-28-64)70-52(81)37(9)69-61(51)90/h15-17,20-21,23-26,33-38,42-51,79-80H,11-14,18-19,22,27-32,64-65H2,1-10H3,(H,69,90)(H,70,81)(H,71,85)(H,72,87)(H,73,88)(H,74,82)(H,75,84)(H,76,89)(H,77,83)(H,78,86)(H4,66,67,68)/t33-,34-,35-,36-,37-,38-,42+,43-,44+,45-,46-,47-,48-,49+,50-,51+/m0/s1. The summed E-state index contributed by atoms with van der Waals surface area (Å²) in [5, 5.41) is 46.7. The smallest absolute Gasteiger partial charge is 0.329 e. The summed E-state index contributed by atoms with van der Waals surface area (Å²) >= 11 is 0. The van der Waals surface area contributed by atoms with Crippen molar-refractivity contribution in [1.82, 2.24) is 53.2 Å². The molecule has 0 spiro atoms. The lowest BCUT2D eigenvalue weighted by Crippen LogP contribution is -2.63. The number of hydrogen-bond acceptors (Lipinski definition) is 17. The molecule has 10 amide bonds. The molecule has 1 fully saturated rings. The van der Waals surface area contributed by atoms with Crippen LogP contribution in [-0.4, -0.2) is 180 Å². The Morgan fingerprint density at radius 1 is 0.587 bits per heavy atom. The average Bonchev–Trinajstić information content (AvgIpc) is 1.32. The van der Waals surface area contributed by atoms with Gasteiger partial charge in [-0.2, -0.15) is 0 Å². The summed E-state index contributed by atoms with van der Waals surface area (Å²) in [7, 11) is 0. The molecule has 0 saturated carbocycles. The van der Waals surface area contributed by atoms with Gasteiger partial charge in [-0.1, -0.05) is 136 Å². The highest BCUT2D eigenvalue weighted by molar-refractivity contribution is 5.99. The first-order valence-corrected chi connectivity index (χ1v) is 31.7. The third kappa shape index (κ3) is 24.1. The van der Waals surface area contributed by atoms with Gasteiger partial charge in [0.2, 0.25) is 59.1 Å². The third-order valence-corrected chi connectivity index (χ3v) is 16.7. The Morgan fingerprint density at radius 3 is 1.59 bits per heavy atom. The molecule has 0 aromatic heterocycles. The average molecular weight is 1290 g/mol. The summed E-state index contributed by atoms with van der Waals surface area (Å²) in [5.74, 6) is -12.5. The van der Waals surface area contributed by atoms with Gasteiger partial charge in [0, 0.05) is 6.54 Å². The van der Waals surface area contributed by atoms with E-state index in [9.17, 15) is 63.0 Å². The fraction of sp³-hybridized carbons (Fsp3) is 0.619. The molecule has 0 bridgehead atoms. The quantitative estimate of drug-likeness (QED) is 0.0156. The van der Waals surface area contributed by atoms with Crippen molar-refractivity contribution in [2.24, 2.45) is 51.6 Å². The minimum absolute atomic E-state index is 0.139. The van der Waals surface area contributed by atoms with Crippen molar-refractivity contribution in [3.63, 3.8) is 0 Å². The zero-order chi connectivity index (χ0) is 68.9. The summed E-state index contributed by atoms with van der Waals surface area (Å²) < 4.78 is 5.72. The Balaban J connectivity index is 1.84. The molecule has 1 saturated heterocycles. The van der Waals surface area contributed by atoms with Crippen LogP contribution in [0.5, 0.6) is 0 Å². The number of aliphatic hydroxyl groups excluding tert-OH is 2. The summed E-state index contributed by atoms with van der Waals surface area (Å²) in [6.45, 7) is 14.4. The van der Waals surface area contributed by atoms with Crippen LogP contribution < -0.4 is 76.1 Å². The van der Waals surface area contributed by atoms with Crippen LogP contribution in [0.15, 0.2) is 59.6 Å². The largest absolute Gasteiger partial charge is 0.458 e. The highest BCUT2D eigenvalue weighted by atomic mass is 16.5. The molecular formula is C63H101N15O14. The first kappa shape index (κ1) is 78.0. The number of carbonyl (C=O) groups excluding carboxylic acids is 11. The van der Waals surface area contributed by atoms with Crippen molar-refractivity contribution in [2.45, 2.75) is 200 Å². The van der Waals surface area contributed by atoms with Crippen molar-refractivity contribution in [3.05, 3.63) is 60.2 Å². The Labute approximate surface area is 538 Å². The minimum Gasteiger partial charge on any atom is -0.458 e. The van der Waals surface area contributed by atoms with Gasteiger partial charge in [0.05, 0.1) is 19.3 Å². The number of aliphatic hydroxyl groups is 2. The lowest BCUT2D eigenvalue weighted by Gasteiger charge is -2.31. The SMILES string of the molecule is CC[C@H](C)[C@H](NC(=O)[C@H](N)Cc1ccc(-c2ccccc2)cc1)C(=O)N[C@@H](CO)C(=O)N[C@H](CCN=C(N)N)C(=O)N[C@@H](C(=O)N[C@H](C(=O)N[C@@H](CO)C(=O)N[C@H]1C(=O)N[C@@H](C)C(=O)N[C@@H](CCCCN)C(=O)N[C@@H]([C@@H](C)CC)C(=O)O[C@H]1C)[C@@H](C)CC)[C@@H](C)CC. The fourth-order valence-electron chi connectivity index (χ4n) is 9.77. The summed E-state index contributed by atoms with van der Waals surface area (Å²) in [4.78, 5) is 158. The Kier molecular flexibility index (Phi) is 33.2. The molecule has 512 valence electrons. The molecule has 0 radical (unpaired) electrons. The molecule has 1 aliphatic rings. The van der Waals surface area contributed by atoms with Gasteiger partial charge in [-0.15, -0.1) is 0 Å². The van der Waals surface area contributed by atoms with Crippen molar-refractivity contribution >= 4 is 71.0 Å². The van der Waals surface area contributed by atoms with Gasteiger partial charge in [-0.05, 0) is 92.9 Å². The molecule has 0 aliphatic carbocycles. The second-order valence-electron chi connectivity index (χ2n) is 23.7. The molecule has 16 atom stereocenters. The number of esters is 1. The number of ether oxygens (including phenoxy) is 1. The molecule has 29 heteroatoms. The van der Waals surface area contributed by atoms with Gasteiger partial charge >= 0.3 is 5.97 Å². The van der Waals surface area contributed by atoms with Crippen LogP contribution in [0.4, 0.5) is 0 Å². The van der Waals surface area contributed by atoms with E-state index in [0.717, 1.165) is 16.7 Å². The summed E-state index contributed by atoms with van der Waals surface area (Å²) in [5.41, 5.74) is 25.9. The van der Waals surface area contributed by atoms with Crippen LogP contribution in [0.3, 0.4) is 0 Å². The van der Waals surface area contributed by atoms with E-state index in [0.29, 0.717) is 32.2 Å². The molecule has 92 heavy (non-hydrogen) atoms. The van der Waals surface area contributed by atoms with Gasteiger partial charge in [0.1, 0.15) is 66.5 Å². The number of aliphatic imine (C=N–C) groups is 1. The molecule has 20 N–H and O–H groups in total. The van der Waals surface area contributed by atoms with Crippen LogP contribution in [0.25, 0.3) is 11.1 Å². The molecule has 2 aromatic carbocycles. The zero-order valence-electron chi connectivity index (χ0n) is 54.7. The van der Waals surface area contributed by atoms with E-state index in [1.165, 1.54) is 13.8 Å². The van der Waals surface area contributed by atoms with E-state index in [-0.39, 0.29) is 44.6 Å². The number of hydrogen-bond donors (Lipinski definition) is 16. The molecule has 1 heterocycles. The first-order chi connectivity index (χ1) is 43.6. The molecule has 3 rings (SSSR count). The summed E-state index contributed by atoms with van der Waals surface area (Å²) in [6, 6.07) is 1.69. The van der Waals surface area contributed by atoms with Crippen molar-refractivity contribution in [3.8, 4) is 11.1 Å². The Hall–Kier alpha value is -8.28. The van der Waals surface area contributed by atoms with E-state index in [1.807, 2.05) is 54.6 Å². The number of cyclic esters (lactones) is 1. The molecule has 0 unspecified atom stereocenters. The van der Waals surface area contributed by atoms with Gasteiger partial charge in [-0.25, -0.2) is 4.79 Å². The first-order valence-electron chi connectivity index (χ1n) is 31.7. The van der Waals surface area contributed by atoms with E-state index < -0.39 is 174 Å². The predicted molar refractivity (Wildman–Crippen MR) is 344 cm³/mol. The van der Waals surface area contributed by atoms with E-state index in [2.05, 4.69) is 58.2 Å². The number of guanidine groups is 1. The van der Waals surface area contributed by atoms with Crippen molar-refractivity contribution in [1.29, 1.82) is 0 Å². The molecule has 1 aliphatic heterocycles. The van der Waals surface area contributed by atoms with Crippen LogP contribution in [-0.2, 0) is 63.9 Å². The number of rotatable bonds is 34. The lowest BCUT2D eigenvalue weighted by molar-refractivity contribution is -0.157. The van der Waals surface area contributed by atoms with Crippen LogP contribution in [0, 0.1) is 23.7 Å². The normalized spacial score (nSPS) is 20.7. The lowest BCUT2D eigenvalue weighted by atomic mass is 9.94. The van der Waals surface area contributed by atoms with Crippen LogP contribution in [0.2, 0.25) is 0 Å². The highest BCUT2D eigenvalue weighted by Crippen LogP contribution is 2.21. The maximum Gasteiger partial charge on any atom is 0.329 e. The topological polar surface area (TPSA) is 474 Å². The number of unbranched alkanes of at least 4 members (excludes halogenated alkanes) is 1. The fourth-order valence-corrected chi connectivity index (χ4v) is 9.77. The van der Waals surface area contributed by atoms with Gasteiger partial charge in [-0.3, -0.25) is 52.9 Å². The number of carbonyl (C=O) groups is 11.